The molecule has 5 heteroatoms. The molecule has 0 fully saturated rings. The summed E-state index contributed by atoms with van der Waals surface area (Å²) >= 11 is 6.08. The molecule has 0 bridgehead atoms. The maximum absolute atomic E-state index is 6.08. The Labute approximate surface area is 119 Å². The minimum atomic E-state index is -0.0769. The van der Waals surface area contributed by atoms with Crippen LogP contribution < -0.4 is 15.2 Å². The summed E-state index contributed by atoms with van der Waals surface area (Å²) in [6.07, 6.45) is 0.596. The van der Waals surface area contributed by atoms with Gasteiger partial charge in [0.05, 0.1) is 13.7 Å². The van der Waals surface area contributed by atoms with Crippen LogP contribution in [0.1, 0.15) is 19.4 Å². The molecule has 0 aromatic heterocycles. The Morgan fingerprint density at radius 3 is 2.47 bits per heavy atom. The third kappa shape index (κ3) is 4.90. The maximum atomic E-state index is 6.08. The van der Waals surface area contributed by atoms with Crippen LogP contribution in [0.2, 0.25) is 5.02 Å². The SMILES string of the molecule is COCC(C)Oc1c(CC(C)N)cc(Cl)cc1OC. The fourth-order valence-corrected chi connectivity index (χ4v) is 2.11. The van der Waals surface area contributed by atoms with Crippen LogP contribution in [0.5, 0.6) is 11.5 Å². The number of hydrogen-bond acceptors (Lipinski definition) is 4. The number of benzene rings is 1. The highest BCUT2D eigenvalue weighted by molar-refractivity contribution is 6.30. The van der Waals surface area contributed by atoms with Gasteiger partial charge in [0.2, 0.25) is 0 Å². The van der Waals surface area contributed by atoms with Crippen molar-refractivity contribution in [2.45, 2.75) is 32.4 Å². The third-order valence-corrected chi connectivity index (χ3v) is 2.80. The van der Waals surface area contributed by atoms with Crippen LogP contribution in [0, 0.1) is 0 Å². The lowest BCUT2D eigenvalue weighted by atomic mass is 10.1. The second kappa shape index (κ2) is 7.58. The summed E-state index contributed by atoms with van der Waals surface area (Å²) < 4.78 is 16.3. The Morgan fingerprint density at radius 2 is 1.95 bits per heavy atom. The largest absolute Gasteiger partial charge is 0.493 e. The average Bonchev–Trinajstić information content (AvgIpc) is 2.31. The van der Waals surface area contributed by atoms with Gasteiger partial charge in [-0.1, -0.05) is 11.6 Å². The van der Waals surface area contributed by atoms with Crippen molar-refractivity contribution in [3.05, 3.63) is 22.7 Å². The highest BCUT2D eigenvalue weighted by Gasteiger charge is 2.16. The van der Waals surface area contributed by atoms with Crippen molar-refractivity contribution in [3.63, 3.8) is 0 Å². The molecule has 0 saturated carbocycles. The van der Waals surface area contributed by atoms with Gasteiger partial charge in [-0.2, -0.15) is 0 Å². The van der Waals surface area contributed by atoms with Crippen molar-refractivity contribution < 1.29 is 14.2 Å². The molecule has 0 radical (unpaired) electrons. The highest BCUT2D eigenvalue weighted by Crippen LogP contribution is 2.36. The van der Waals surface area contributed by atoms with Crippen molar-refractivity contribution in [1.29, 1.82) is 0 Å². The fraction of sp³-hybridized carbons (Fsp3) is 0.571. The summed E-state index contributed by atoms with van der Waals surface area (Å²) in [6.45, 7) is 4.38. The molecule has 0 aliphatic carbocycles. The van der Waals surface area contributed by atoms with Crippen molar-refractivity contribution in [2.24, 2.45) is 5.73 Å². The lowest BCUT2D eigenvalue weighted by molar-refractivity contribution is 0.0892. The molecule has 2 N–H and O–H groups in total. The summed E-state index contributed by atoms with van der Waals surface area (Å²) in [6, 6.07) is 3.62. The molecule has 0 amide bonds. The van der Waals surface area contributed by atoms with Gasteiger partial charge in [0.15, 0.2) is 11.5 Å². The van der Waals surface area contributed by atoms with E-state index in [1.54, 1.807) is 20.3 Å². The predicted octanol–water partition coefficient (Wildman–Crippen LogP) is 2.65. The zero-order valence-electron chi connectivity index (χ0n) is 11.9. The summed E-state index contributed by atoms with van der Waals surface area (Å²) in [5.41, 5.74) is 6.81. The molecule has 1 aromatic carbocycles. The van der Waals surface area contributed by atoms with Crippen LogP contribution in [0.3, 0.4) is 0 Å². The van der Waals surface area contributed by atoms with Crippen molar-refractivity contribution >= 4 is 11.6 Å². The lowest BCUT2D eigenvalue weighted by Crippen LogP contribution is -2.22. The first-order valence-corrected chi connectivity index (χ1v) is 6.63. The van der Waals surface area contributed by atoms with Gasteiger partial charge in [-0.15, -0.1) is 0 Å². The Morgan fingerprint density at radius 1 is 1.26 bits per heavy atom. The number of rotatable bonds is 7. The number of hydrogen-bond donors (Lipinski definition) is 1. The molecule has 108 valence electrons. The minimum Gasteiger partial charge on any atom is -0.493 e. The molecular formula is C14H22ClNO3. The van der Waals surface area contributed by atoms with E-state index in [9.17, 15) is 0 Å². The first-order valence-electron chi connectivity index (χ1n) is 6.25. The van der Waals surface area contributed by atoms with Crippen molar-refractivity contribution in [3.8, 4) is 11.5 Å². The van der Waals surface area contributed by atoms with Crippen LogP contribution in [0.25, 0.3) is 0 Å². The third-order valence-electron chi connectivity index (χ3n) is 2.58. The van der Waals surface area contributed by atoms with Crippen LogP contribution in [-0.4, -0.2) is 33.0 Å². The van der Waals surface area contributed by atoms with E-state index in [-0.39, 0.29) is 12.1 Å². The number of nitrogens with two attached hydrogens (primary N) is 1. The molecule has 1 rings (SSSR count). The van der Waals surface area contributed by atoms with E-state index in [1.165, 1.54) is 0 Å². The molecule has 0 saturated heterocycles. The lowest BCUT2D eigenvalue weighted by Gasteiger charge is -2.20. The molecular weight excluding hydrogens is 266 g/mol. The zero-order valence-corrected chi connectivity index (χ0v) is 12.7. The number of halogens is 1. The van der Waals surface area contributed by atoms with Gasteiger partial charge in [-0.25, -0.2) is 0 Å². The Hall–Kier alpha value is -0.970. The molecule has 0 spiro atoms. The molecule has 19 heavy (non-hydrogen) atoms. The monoisotopic (exact) mass is 287 g/mol. The van der Waals surface area contributed by atoms with Gasteiger partial charge in [-0.05, 0) is 26.3 Å². The van der Waals surface area contributed by atoms with E-state index in [4.69, 9.17) is 31.5 Å². The van der Waals surface area contributed by atoms with Gasteiger partial charge in [-0.3, -0.25) is 0 Å². The second-order valence-electron chi connectivity index (χ2n) is 4.66. The molecule has 0 heterocycles. The van der Waals surface area contributed by atoms with Gasteiger partial charge >= 0.3 is 0 Å². The Kier molecular flexibility index (Phi) is 6.42. The highest BCUT2D eigenvalue weighted by atomic mass is 35.5. The predicted molar refractivity (Wildman–Crippen MR) is 77.3 cm³/mol. The average molecular weight is 288 g/mol. The summed E-state index contributed by atoms with van der Waals surface area (Å²) in [5, 5.41) is 0.610. The Balaban J connectivity index is 3.08. The van der Waals surface area contributed by atoms with E-state index in [0.29, 0.717) is 29.5 Å². The minimum absolute atomic E-state index is 0.0169. The standard InChI is InChI=1S/C14H22ClNO3/c1-9(16)5-11-6-12(15)7-13(18-4)14(11)19-10(2)8-17-3/h6-7,9-10H,5,8,16H2,1-4H3. The zero-order chi connectivity index (χ0) is 14.4. The molecule has 0 aliphatic rings. The first kappa shape index (κ1) is 16.1. The molecule has 4 nitrogen and oxygen atoms in total. The van der Waals surface area contributed by atoms with Gasteiger partial charge in [0.1, 0.15) is 6.10 Å². The Bertz CT molecular complexity index is 410. The second-order valence-corrected chi connectivity index (χ2v) is 5.10. The topological polar surface area (TPSA) is 53.7 Å². The normalized spacial score (nSPS) is 14.0. The summed E-state index contributed by atoms with van der Waals surface area (Å²) in [5.74, 6) is 1.31. The van der Waals surface area contributed by atoms with Crippen molar-refractivity contribution in [1.82, 2.24) is 0 Å². The van der Waals surface area contributed by atoms with E-state index in [2.05, 4.69) is 0 Å². The number of ether oxygens (including phenoxy) is 3. The first-order chi connectivity index (χ1) is 8.97. The summed E-state index contributed by atoms with van der Waals surface area (Å²) in [7, 11) is 3.23. The maximum Gasteiger partial charge on any atom is 0.165 e. The number of methoxy groups -OCH3 is 2. The smallest absolute Gasteiger partial charge is 0.165 e. The van der Waals surface area contributed by atoms with Crippen LogP contribution >= 0.6 is 11.6 Å². The molecule has 0 aliphatic heterocycles. The quantitative estimate of drug-likeness (QED) is 0.838. The van der Waals surface area contributed by atoms with Crippen LogP contribution in [-0.2, 0) is 11.2 Å². The van der Waals surface area contributed by atoms with Gasteiger partial charge < -0.3 is 19.9 Å². The molecule has 2 unspecified atom stereocenters. The molecule has 1 aromatic rings. The van der Waals surface area contributed by atoms with Crippen LogP contribution in [0.4, 0.5) is 0 Å². The van der Waals surface area contributed by atoms with E-state index >= 15 is 0 Å². The van der Waals surface area contributed by atoms with E-state index < -0.39 is 0 Å². The molecule has 2 atom stereocenters. The van der Waals surface area contributed by atoms with Gasteiger partial charge in [0.25, 0.3) is 0 Å². The summed E-state index contributed by atoms with van der Waals surface area (Å²) in [4.78, 5) is 0. The van der Waals surface area contributed by atoms with Crippen LogP contribution in [0.15, 0.2) is 12.1 Å². The fourth-order valence-electron chi connectivity index (χ4n) is 1.88. The van der Waals surface area contributed by atoms with Gasteiger partial charge in [0, 0.05) is 29.8 Å². The van der Waals surface area contributed by atoms with E-state index in [0.717, 1.165) is 5.56 Å². The van der Waals surface area contributed by atoms with E-state index in [1.807, 2.05) is 19.9 Å². The van der Waals surface area contributed by atoms with Crippen molar-refractivity contribution in [2.75, 3.05) is 20.8 Å².